The fourth-order valence-electron chi connectivity index (χ4n) is 7.12. The number of hydrogen-bond donors (Lipinski definition) is 0. The van der Waals surface area contributed by atoms with E-state index in [1.54, 1.807) is 11.1 Å². The fraction of sp³-hybridized carbons (Fsp3) is 0.654. The van der Waals surface area contributed by atoms with E-state index < -0.39 is 22.8 Å². The van der Waals surface area contributed by atoms with Crippen LogP contribution in [0.4, 0.5) is 0 Å². The van der Waals surface area contributed by atoms with Gasteiger partial charge in [0.2, 0.25) is 0 Å². The van der Waals surface area contributed by atoms with Crippen LogP contribution in [0.5, 0.6) is 0 Å². The standard InChI is InChI=1S/C20H25.C6H10.2ClH.Zr/c1-13-10-11-16(14(13)2)18-8-5-9-19-17-7-4-3-6-15(17)12-20(18)19;1-2-4-6-5-3-1;;;/h3-4,6-7,10,12,15,17-20H,5,8-9,11H2,1-2H3;1-5H2;2*1H;/q;;;;+2/p-2. The van der Waals surface area contributed by atoms with Crippen LogP contribution in [0.1, 0.15) is 71.6 Å². The number of fused-ring (bicyclic) bond motifs is 3. The topological polar surface area (TPSA) is 0 Å². The largest absolute Gasteiger partial charge is 1.00 e. The summed E-state index contributed by atoms with van der Waals surface area (Å²) >= 11 is -0.428. The smallest absolute Gasteiger partial charge is 1.00 e. The third-order valence-electron chi connectivity index (χ3n) is 8.53. The van der Waals surface area contributed by atoms with Crippen molar-refractivity contribution in [1.29, 1.82) is 0 Å². The van der Waals surface area contributed by atoms with Gasteiger partial charge in [0.25, 0.3) is 0 Å². The Kier molecular flexibility index (Phi) is 8.48. The summed E-state index contributed by atoms with van der Waals surface area (Å²) in [4.78, 5) is 0. The van der Waals surface area contributed by atoms with Crippen molar-refractivity contribution in [1.82, 2.24) is 0 Å². The van der Waals surface area contributed by atoms with Crippen molar-refractivity contribution in [3.8, 4) is 0 Å². The molecule has 0 radical (unpaired) electrons. The monoisotopic (exact) mass is 507 g/mol. The molecule has 0 aromatic carbocycles. The first-order chi connectivity index (χ1) is 13.2. The van der Waals surface area contributed by atoms with Gasteiger partial charge in [0.15, 0.2) is 0 Å². The van der Waals surface area contributed by atoms with E-state index in [4.69, 9.17) is 0 Å². The first-order valence-corrected chi connectivity index (χ1v) is 14.2. The van der Waals surface area contributed by atoms with Crippen molar-refractivity contribution < 1.29 is 47.6 Å². The van der Waals surface area contributed by atoms with Gasteiger partial charge < -0.3 is 24.8 Å². The van der Waals surface area contributed by atoms with Crippen LogP contribution < -0.4 is 24.8 Å². The summed E-state index contributed by atoms with van der Waals surface area (Å²) in [7, 11) is 0. The predicted octanol–water partition coefficient (Wildman–Crippen LogP) is 1.07. The van der Waals surface area contributed by atoms with Crippen molar-refractivity contribution in [3.63, 3.8) is 0 Å². The molecule has 0 amide bonds. The molecule has 6 unspecified atom stereocenters. The van der Waals surface area contributed by atoms with Gasteiger partial charge in [-0.2, -0.15) is 0 Å². The Morgan fingerprint density at radius 3 is 2.28 bits per heavy atom. The Hall–Kier alpha value is 0.293. The molecular formula is C26H35Cl2Zr. The minimum absolute atomic E-state index is 0. The normalized spacial score (nSPS) is 37.9. The van der Waals surface area contributed by atoms with Gasteiger partial charge in [0.1, 0.15) is 0 Å². The van der Waals surface area contributed by atoms with Crippen molar-refractivity contribution in [2.75, 3.05) is 0 Å². The molecule has 3 heteroatoms. The third-order valence-corrected chi connectivity index (χ3v) is 13.5. The van der Waals surface area contributed by atoms with Gasteiger partial charge in [-0.1, -0.05) is 0 Å². The number of halogens is 2. The van der Waals surface area contributed by atoms with Gasteiger partial charge in [0, 0.05) is 0 Å². The maximum Gasteiger partial charge on any atom is -1.00 e. The predicted molar refractivity (Wildman–Crippen MR) is 112 cm³/mol. The second kappa shape index (κ2) is 10.3. The molecule has 0 aromatic heterocycles. The molecule has 3 saturated carbocycles. The van der Waals surface area contributed by atoms with E-state index in [1.165, 1.54) is 57.8 Å². The zero-order valence-corrected chi connectivity index (χ0v) is 21.9. The van der Waals surface area contributed by atoms with Crippen molar-refractivity contribution in [2.24, 2.45) is 29.6 Å². The molecule has 0 aliphatic heterocycles. The molecule has 5 aliphatic rings. The second-order valence-electron chi connectivity index (χ2n) is 9.78. The van der Waals surface area contributed by atoms with E-state index in [0.29, 0.717) is 0 Å². The maximum absolute atomic E-state index is 2.65. The molecule has 3 fully saturated rings. The average molecular weight is 510 g/mol. The van der Waals surface area contributed by atoms with Crippen LogP contribution in [-0.2, 0) is 22.8 Å². The Bertz CT molecular complexity index is 749. The zero-order chi connectivity index (χ0) is 18.4. The van der Waals surface area contributed by atoms with Crippen LogP contribution in [0.15, 0.2) is 47.1 Å². The molecule has 6 atom stereocenters. The molecule has 0 saturated heterocycles. The molecule has 0 N–H and O–H groups in total. The molecule has 5 rings (SSSR count). The number of rotatable bonds is 2. The minimum Gasteiger partial charge on any atom is -1.00 e. The second-order valence-corrected chi connectivity index (χ2v) is 13.9. The summed E-state index contributed by atoms with van der Waals surface area (Å²) in [6.07, 6.45) is 25.8. The van der Waals surface area contributed by atoms with Crippen molar-refractivity contribution in [3.05, 3.63) is 47.1 Å². The zero-order valence-electron chi connectivity index (χ0n) is 18.0. The minimum atomic E-state index is -0.428. The van der Waals surface area contributed by atoms with Gasteiger partial charge in [-0.3, -0.25) is 0 Å². The Labute approximate surface area is 201 Å². The van der Waals surface area contributed by atoms with Gasteiger partial charge in [-0.05, 0) is 0 Å². The van der Waals surface area contributed by atoms with Gasteiger partial charge >= 0.3 is 178 Å². The summed E-state index contributed by atoms with van der Waals surface area (Å²) in [5.41, 5.74) is 5.09. The summed E-state index contributed by atoms with van der Waals surface area (Å²) in [5, 5.41) is 0. The Morgan fingerprint density at radius 1 is 0.862 bits per heavy atom. The number of allylic oxidation sites excluding steroid dienone is 8. The van der Waals surface area contributed by atoms with Crippen LogP contribution in [0.2, 0.25) is 3.63 Å². The Balaban J connectivity index is 0.00000120. The van der Waals surface area contributed by atoms with E-state index in [9.17, 15) is 0 Å². The van der Waals surface area contributed by atoms with E-state index in [2.05, 4.69) is 47.4 Å². The SMILES string of the molecule is CC1=CCC(C2CCCC3C4C=CC=CC4[CH]([Zr+2]=[C]4CCCCC4)C23)=C1C.[Cl-].[Cl-]. The summed E-state index contributed by atoms with van der Waals surface area (Å²) in [5.74, 6) is 4.65. The third kappa shape index (κ3) is 4.45. The Morgan fingerprint density at radius 2 is 1.59 bits per heavy atom. The quantitative estimate of drug-likeness (QED) is 0.523. The van der Waals surface area contributed by atoms with Crippen LogP contribution in [0, 0.1) is 29.6 Å². The molecular weight excluding hydrogens is 474 g/mol. The maximum atomic E-state index is 2.65. The van der Waals surface area contributed by atoms with Gasteiger partial charge in [-0.15, -0.1) is 0 Å². The van der Waals surface area contributed by atoms with Crippen LogP contribution in [-0.4, -0.2) is 3.21 Å². The van der Waals surface area contributed by atoms with E-state index in [-0.39, 0.29) is 24.8 Å². The molecule has 0 heterocycles. The molecule has 0 aromatic rings. The molecule has 5 aliphatic carbocycles. The van der Waals surface area contributed by atoms with Crippen molar-refractivity contribution >= 4 is 3.21 Å². The number of hydrogen-bond acceptors (Lipinski definition) is 0. The summed E-state index contributed by atoms with van der Waals surface area (Å²) in [6, 6.07) is 0. The van der Waals surface area contributed by atoms with Crippen molar-refractivity contribution in [2.45, 2.75) is 75.3 Å². The molecule has 0 nitrogen and oxygen atoms in total. The van der Waals surface area contributed by atoms with Crippen LogP contribution >= 0.6 is 0 Å². The summed E-state index contributed by atoms with van der Waals surface area (Å²) in [6.45, 7) is 4.76. The first-order valence-electron chi connectivity index (χ1n) is 11.6. The van der Waals surface area contributed by atoms with E-state index in [1.807, 2.05) is 5.57 Å². The van der Waals surface area contributed by atoms with E-state index >= 15 is 0 Å². The average Bonchev–Trinajstić information content (AvgIpc) is 3.21. The van der Waals surface area contributed by atoms with Gasteiger partial charge in [-0.25, -0.2) is 0 Å². The first kappa shape index (κ1) is 23.9. The van der Waals surface area contributed by atoms with E-state index in [0.717, 1.165) is 33.2 Å². The van der Waals surface area contributed by atoms with Gasteiger partial charge in [0.05, 0.1) is 0 Å². The molecule has 0 spiro atoms. The molecule has 29 heavy (non-hydrogen) atoms. The molecule has 0 bridgehead atoms. The van der Waals surface area contributed by atoms with Crippen LogP contribution in [0.3, 0.4) is 0 Å². The summed E-state index contributed by atoms with van der Waals surface area (Å²) < 4.78 is 3.16. The molecule has 157 valence electrons. The fourth-order valence-corrected chi connectivity index (χ4v) is 12.8. The van der Waals surface area contributed by atoms with Crippen LogP contribution in [0.25, 0.3) is 0 Å².